The predicted molar refractivity (Wildman–Crippen MR) is 116 cm³/mol. The summed E-state index contributed by atoms with van der Waals surface area (Å²) in [6.07, 6.45) is 9.74. The molecule has 1 aromatic rings. The lowest BCUT2D eigenvalue weighted by Gasteiger charge is -2.05. The van der Waals surface area contributed by atoms with E-state index < -0.39 is 0 Å². The number of aromatic nitrogens is 1. The standard InChI is InChI=1S/C22H36N2O7/c1-4-20(23-26-3)8-6-5-7-10-27-14-15-28-11-9-22-18-21(24-31-22)19-30-17-16-29-13-12-25-2/h1,18H,5-17,19H2,2-3H3/b23-20+. The second kappa shape index (κ2) is 20.0. The van der Waals surface area contributed by atoms with Crippen LogP contribution in [0.2, 0.25) is 0 Å². The van der Waals surface area contributed by atoms with Crippen molar-refractivity contribution >= 4 is 5.71 Å². The first kappa shape index (κ1) is 27.1. The summed E-state index contributed by atoms with van der Waals surface area (Å²) < 4.78 is 32.1. The highest BCUT2D eigenvalue weighted by atomic mass is 16.6. The van der Waals surface area contributed by atoms with Crippen LogP contribution in [0.5, 0.6) is 0 Å². The summed E-state index contributed by atoms with van der Waals surface area (Å²) in [5.41, 5.74) is 1.41. The Morgan fingerprint density at radius 3 is 2.39 bits per heavy atom. The lowest BCUT2D eigenvalue weighted by molar-refractivity contribution is 0.0187. The average Bonchev–Trinajstić information content (AvgIpc) is 3.23. The Balaban J connectivity index is 1.90. The largest absolute Gasteiger partial charge is 0.398 e. The second-order valence-electron chi connectivity index (χ2n) is 6.59. The Morgan fingerprint density at radius 2 is 1.65 bits per heavy atom. The maximum Gasteiger partial charge on any atom is 0.139 e. The summed E-state index contributed by atoms with van der Waals surface area (Å²) in [5.74, 6) is 3.30. The van der Waals surface area contributed by atoms with Gasteiger partial charge in [0, 0.05) is 32.6 Å². The third kappa shape index (κ3) is 15.5. The maximum atomic E-state index is 5.57. The molecule has 0 unspecified atom stereocenters. The zero-order chi connectivity index (χ0) is 22.4. The van der Waals surface area contributed by atoms with Gasteiger partial charge in [0.1, 0.15) is 24.3 Å². The molecule has 1 aromatic heterocycles. The van der Waals surface area contributed by atoms with Gasteiger partial charge in [-0.3, -0.25) is 0 Å². The van der Waals surface area contributed by atoms with Gasteiger partial charge in [-0.05, 0) is 12.8 Å². The molecule has 0 saturated carbocycles. The van der Waals surface area contributed by atoms with E-state index in [0.29, 0.717) is 71.6 Å². The minimum Gasteiger partial charge on any atom is -0.398 e. The highest BCUT2D eigenvalue weighted by molar-refractivity contribution is 5.99. The van der Waals surface area contributed by atoms with Crippen LogP contribution in [-0.2, 0) is 41.5 Å². The van der Waals surface area contributed by atoms with Crippen LogP contribution in [0, 0.1) is 12.3 Å². The van der Waals surface area contributed by atoms with Crippen molar-refractivity contribution in [3.05, 3.63) is 17.5 Å². The molecule has 0 fully saturated rings. The first-order valence-electron chi connectivity index (χ1n) is 10.6. The van der Waals surface area contributed by atoms with Crippen molar-refractivity contribution < 1.29 is 33.0 Å². The van der Waals surface area contributed by atoms with Gasteiger partial charge in [0.2, 0.25) is 0 Å². The smallest absolute Gasteiger partial charge is 0.139 e. The van der Waals surface area contributed by atoms with Crippen LogP contribution in [0.3, 0.4) is 0 Å². The number of terminal acetylenes is 1. The lowest BCUT2D eigenvalue weighted by atomic mass is 10.1. The van der Waals surface area contributed by atoms with E-state index in [0.717, 1.165) is 37.1 Å². The predicted octanol–water partition coefficient (Wildman–Crippen LogP) is 2.63. The summed E-state index contributed by atoms with van der Waals surface area (Å²) in [7, 11) is 3.14. The summed E-state index contributed by atoms with van der Waals surface area (Å²) >= 11 is 0. The van der Waals surface area contributed by atoms with Gasteiger partial charge in [-0.2, -0.15) is 0 Å². The summed E-state index contributed by atoms with van der Waals surface area (Å²) in [6, 6.07) is 1.88. The maximum absolute atomic E-state index is 5.57. The Labute approximate surface area is 185 Å². The number of hydrogen-bond donors (Lipinski definition) is 0. The molecule has 0 atom stereocenters. The topological polar surface area (TPSA) is 93.8 Å². The number of unbranched alkanes of at least 4 members (excludes halogenated alkanes) is 2. The fourth-order valence-electron chi connectivity index (χ4n) is 2.50. The second-order valence-corrected chi connectivity index (χ2v) is 6.59. The first-order valence-corrected chi connectivity index (χ1v) is 10.6. The molecule has 0 aliphatic rings. The van der Waals surface area contributed by atoms with E-state index in [4.69, 9.17) is 34.6 Å². The molecule has 0 saturated heterocycles. The number of rotatable bonds is 21. The van der Waals surface area contributed by atoms with Gasteiger partial charge >= 0.3 is 0 Å². The molecule has 176 valence electrons. The molecule has 0 aliphatic heterocycles. The van der Waals surface area contributed by atoms with E-state index in [1.807, 2.05) is 6.07 Å². The zero-order valence-electron chi connectivity index (χ0n) is 18.8. The van der Waals surface area contributed by atoms with Crippen LogP contribution in [-0.4, -0.2) is 77.9 Å². The van der Waals surface area contributed by atoms with Gasteiger partial charge in [-0.15, -0.1) is 6.42 Å². The fraction of sp³-hybridized carbons (Fsp3) is 0.727. The SMILES string of the molecule is C#C/C(CCCCCOCCOCCc1cc(COCCOCCOC)no1)=N\OC. The zero-order valence-corrected chi connectivity index (χ0v) is 18.8. The number of oxime groups is 1. The van der Waals surface area contributed by atoms with Gasteiger partial charge in [0.15, 0.2) is 0 Å². The van der Waals surface area contributed by atoms with Crippen molar-refractivity contribution in [3.8, 4) is 12.3 Å². The molecule has 31 heavy (non-hydrogen) atoms. The van der Waals surface area contributed by atoms with Crippen molar-refractivity contribution in [2.45, 2.75) is 38.7 Å². The molecular formula is C22H36N2O7. The Morgan fingerprint density at radius 1 is 0.935 bits per heavy atom. The summed E-state index contributed by atoms with van der Waals surface area (Å²) in [4.78, 5) is 4.68. The van der Waals surface area contributed by atoms with Crippen molar-refractivity contribution in [2.75, 3.05) is 67.1 Å². The minimum atomic E-state index is 0.398. The Kier molecular flexibility index (Phi) is 17.4. The van der Waals surface area contributed by atoms with Crippen molar-refractivity contribution in [1.29, 1.82) is 0 Å². The van der Waals surface area contributed by atoms with E-state index in [-0.39, 0.29) is 0 Å². The molecule has 1 rings (SSSR count). The van der Waals surface area contributed by atoms with Crippen molar-refractivity contribution in [2.24, 2.45) is 5.16 Å². The van der Waals surface area contributed by atoms with E-state index >= 15 is 0 Å². The molecule has 1 heterocycles. The van der Waals surface area contributed by atoms with E-state index in [1.54, 1.807) is 7.11 Å². The third-order valence-corrected chi connectivity index (χ3v) is 4.10. The van der Waals surface area contributed by atoms with Crippen LogP contribution >= 0.6 is 0 Å². The lowest BCUT2D eigenvalue weighted by Crippen LogP contribution is -2.08. The first-order chi connectivity index (χ1) is 15.3. The summed E-state index contributed by atoms with van der Waals surface area (Å²) in [6.45, 7) is 4.97. The Bertz CT molecular complexity index is 613. The van der Waals surface area contributed by atoms with Crippen LogP contribution in [0.25, 0.3) is 0 Å². The fourth-order valence-corrected chi connectivity index (χ4v) is 2.50. The third-order valence-electron chi connectivity index (χ3n) is 4.10. The van der Waals surface area contributed by atoms with Crippen molar-refractivity contribution in [3.63, 3.8) is 0 Å². The van der Waals surface area contributed by atoms with Gasteiger partial charge in [-0.1, -0.05) is 22.7 Å². The normalized spacial score (nSPS) is 11.6. The molecular weight excluding hydrogens is 404 g/mol. The molecule has 0 amide bonds. The van der Waals surface area contributed by atoms with Gasteiger partial charge in [0.05, 0.1) is 52.9 Å². The van der Waals surface area contributed by atoms with Crippen LogP contribution in [0.4, 0.5) is 0 Å². The van der Waals surface area contributed by atoms with E-state index in [1.165, 1.54) is 7.11 Å². The molecule has 0 spiro atoms. The van der Waals surface area contributed by atoms with Crippen LogP contribution in [0.1, 0.15) is 37.1 Å². The number of hydrogen-bond acceptors (Lipinski definition) is 9. The molecule has 0 aromatic carbocycles. The quantitative estimate of drug-likeness (QED) is 0.125. The van der Waals surface area contributed by atoms with Gasteiger partial charge in [-0.25, -0.2) is 0 Å². The highest BCUT2D eigenvalue weighted by Gasteiger charge is 2.04. The average molecular weight is 441 g/mol. The molecule has 0 N–H and O–H groups in total. The van der Waals surface area contributed by atoms with Crippen LogP contribution in [0.15, 0.2) is 15.7 Å². The highest BCUT2D eigenvalue weighted by Crippen LogP contribution is 2.06. The Hall–Kier alpha value is -1.96. The molecule has 0 bridgehead atoms. The van der Waals surface area contributed by atoms with Crippen LogP contribution < -0.4 is 0 Å². The molecule has 9 nitrogen and oxygen atoms in total. The number of ether oxygens (including phenoxy) is 5. The number of methoxy groups -OCH3 is 1. The molecule has 0 aliphatic carbocycles. The van der Waals surface area contributed by atoms with Crippen molar-refractivity contribution in [1.82, 2.24) is 5.16 Å². The van der Waals surface area contributed by atoms with Gasteiger partial charge in [0.25, 0.3) is 0 Å². The number of nitrogens with zero attached hydrogens (tertiary/aromatic N) is 2. The molecule has 0 radical (unpaired) electrons. The van der Waals surface area contributed by atoms with E-state index in [2.05, 4.69) is 21.1 Å². The summed E-state index contributed by atoms with van der Waals surface area (Å²) in [5, 5.41) is 7.76. The molecule has 9 heteroatoms. The van der Waals surface area contributed by atoms with E-state index in [9.17, 15) is 0 Å². The van der Waals surface area contributed by atoms with Gasteiger partial charge < -0.3 is 33.0 Å². The monoisotopic (exact) mass is 440 g/mol. The minimum absolute atomic E-state index is 0.398.